The van der Waals surface area contributed by atoms with Gasteiger partial charge in [-0.2, -0.15) is 0 Å². The first-order valence-corrected chi connectivity index (χ1v) is 10.9. The highest BCUT2D eigenvalue weighted by Gasteiger charge is 2.22. The molecular weight excluding hydrogens is 444 g/mol. The number of aromatic amines is 1. The lowest BCUT2D eigenvalue weighted by molar-refractivity contribution is 0.550. The number of hydrogen-bond donors (Lipinski definition) is 2. The van der Waals surface area contributed by atoms with Gasteiger partial charge in [-0.3, -0.25) is 0 Å². The van der Waals surface area contributed by atoms with Crippen LogP contribution in [0.25, 0.3) is 11.3 Å². The fraction of sp³-hybridized carbons (Fsp3) is 0.333. The number of nitrogens with zero attached hydrogens (tertiary/aromatic N) is 1. The van der Waals surface area contributed by atoms with E-state index in [1.54, 1.807) is 11.8 Å². The number of H-pyrrole nitrogens is 1. The standard InChI is InChI=1S/C13H11BrF2N2.C8H15NS/c14-12-7-6-17-5-4-10(7)18-13(12)11-8(15)2-1-3-9(11)16;1-7(2)6-8(10-5)9(3)4/h1-3,17-18H,4-6H2;6H,1H2,2-5H3/b;8-6+. The van der Waals surface area contributed by atoms with Gasteiger partial charge in [-0.15, -0.1) is 11.8 Å². The van der Waals surface area contributed by atoms with Gasteiger partial charge in [0.1, 0.15) is 11.6 Å². The van der Waals surface area contributed by atoms with Gasteiger partial charge in [0.25, 0.3) is 0 Å². The Labute approximate surface area is 178 Å². The van der Waals surface area contributed by atoms with Gasteiger partial charge in [-0.25, -0.2) is 8.78 Å². The first kappa shape index (κ1) is 22.7. The molecule has 7 heteroatoms. The molecule has 1 aromatic heterocycles. The molecule has 2 heterocycles. The number of fused-ring (bicyclic) bond motifs is 1. The summed E-state index contributed by atoms with van der Waals surface area (Å²) in [6.07, 6.45) is 4.98. The number of hydrogen-bond acceptors (Lipinski definition) is 3. The summed E-state index contributed by atoms with van der Waals surface area (Å²) in [6.45, 7) is 7.39. The van der Waals surface area contributed by atoms with Crippen LogP contribution in [0.3, 0.4) is 0 Å². The number of benzene rings is 1. The molecular formula is C21H26BrF2N3S. The van der Waals surface area contributed by atoms with Crippen LogP contribution in [0.5, 0.6) is 0 Å². The summed E-state index contributed by atoms with van der Waals surface area (Å²) in [7, 11) is 4.07. The molecule has 0 amide bonds. The summed E-state index contributed by atoms with van der Waals surface area (Å²) in [6, 6.07) is 3.90. The highest BCUT2D eigenvalue weighted by molar-refractivity contribution is 9.10. The van der Waals surface area contributed by atoms with Crippen LogP contribution in [0.1, 0.15) is 18.2 Å². The van der Waals surface area contributed by atoms with Gasteiger partial charge in [-0.1, -0.05) is 18.2 Å². The second kappa shape index (κ2) is 10.3. The van der Waals surface area contributed by atoms with E-state index in [9.17, 15) is 8.78 Å². The second-order valence-electron chi connectivity index (χ2n) is 6.72. The molecule has 0 bridgehead atoms. The number of halogens is 3. The van der Waals surface area contributed by atoms with Crippen molar-refractivity contribution in [1.82, 2.24) is 15.2 Å². The molecule has 1 aliphatic heterocycles. The van der Waals surface area contributed by atoms with Crippen LogP contribution in [-0.4, -0.2) is 36.8 Å². The van der Waals surface area contributed by atoms with Gasteiger partial charge in [0.2, 0.25) is 0 Å². The van der Waals surface area contributed by atoms with Crippen molar-refractivity contribution in [3.8, 4) is 11.3 Å². The smallest absolute Gasteiger partial charge is 0.135 e. The number of thioether (sulfide) groups is 1. The molecule has 2 aromatic rings. The first-order chi connectivity index (χ1) is 13.3. The van der Waals surface area contributed by atoms with E-state index in [4.69, 9.17) is 0 Å². The molecule has 0 aliphatic carbocycles. The third-order valence-corrected chi connectivity index (χ3v) is 5.99. The Hall–Kier alpha value is -1.57. The van der Waals surface area contributed by atoms with E-state index in [0.717, 1.165) is 34.3 Å². The third-order valence-electron chi connectivity index (χ3n) is 4.21. The largest absolute Gasteiger partial charge is 0.373 e. The molecule has 0 radical (unpaired) electrons. The van der Waals surface area contributed by atoms with Gasteiger partial charge >= 0.3 is 0 Å². The normalized spacial score (nSPS) is 13.5. The van der Waals surface area contributed by atoms with E-state index in [-0.39, 0.29) is 5.56 Å². The van der Waals surface area contributed by atoms with Gasteiger partial charge in [0, 0.05) is 49.3 Å². The third kappa shape index (κ3) is 5.49. The average Bonchev–Trinajstić information content (AvgIpc) is 2.97. The summed E-state index contributed by atoms with van der Waals surface area (Å²) in [5, 5.41) is 4.48. The maximum Gasteiger partial charge on any atom is 0.135 e. The van der Waals surface area contributed by atoms with Gasteiger partial charge < -0.3 is 15.2 Å². The van der Waals surface area contributed by atoms with Crippen LogP contribution in [0.4, 0.5) is 8.78 Å². The highest BCUT2D eigenvalue weighted by atomic mass is 79.9. The van der Waals surface area contributed by atoms with Crippen molar-refractivity contribution >= 4 is 27.7 Å². The molecule has 0 saturated heterocycles. The van der Waals surface area contributed by atoms with E-state index in [1.807, 2.05) is 21.0 Å². The van der Waals surface area contributed by atoms with E-state index < -0.39 is 11.6 Å². The van der Waals surface area contributed by atoms with Crippen molar-refractivity contribution in [1.29, 1.82) is 0 Å². The van der Waals surface area contributed by atoms with E-state index in [0.29, 0.717) is 12.2 Å². The molecule has 0 saturated carbocycles. The van der Waals surface area contributed by atoms with E-state index in [1.165, 1.54) is 23.2 Å². The summed E-state index contributed by atoms with van der Waals surface area (Å²) >= 11 is 5.17. The Kier molecular flexibility index (Phi) is 8.34. The molecule has 0 fully saturated rings. The fourth-order valence-corrected chi connectivity index (χ4v) is 4.24. The molecule has 1 aromatic carbocycles. The molecule has 152 valence electrons. The lowest BCUT2D eigenvalue weighted by atomic mass is 10.1. The maximum absolute atomic E-state index is 13.8. The lowest BCUT2D eigenvalue weighted by Gasteiger charge is -2.14. The molecule has 0 atom stereocenters. The average molecular weight is 470 g/mol. The molecule has 0 spiro atoms. The van der Waals surface area contributed by atoms with Crippen molar-refractivity contribution in [2.24, 2.45) is 0 Å². The molecule has 0 unspecified atom stereocenters. The van der Waals surface area contributed by atoms with Crippen molar-refractivity contribution in [2.75, 3.05) is 26.9 Å². The maximum atomic E-state index is 13.8. The zero-order valence-corrected chi connectivity index (χ0v) is 19.0. The van der Waals surface area contributed by atoms with Crippen molar-refractivity contribution in [3.05, 3.63) is 68.8 Å². The van der Waals surface area contributed by atoms with Crippen molar-refractivity contribution in [3.63, 3.8) is 0 Å². The van der Waals surface area contributed by atoms with Crippen LogP contribution < -0.4 is 5.32 Å². The molecule has 3 rings (SSSR count). The molecule has 2 N–H and O–H groups in total. The predicted molar refractivity (Wildman–Crippen MR) is 119 cm³/mol. The Morgan fingerprint density at radius 1 is 1.29 bits per heavy atom. The summed E-state index contributed by atoms with van der Waals surface area (Å²) in [5.41, 5.74) is 3.67. The van der Waals surface area contributed by atoms with Crippen molar-refractivity contribution < 1.29 is 8.78 Å². The predicted octanol–water partition coefficient (Wildman–Crippen LogP) is 5.70. The minimum atomic E-state index is -0.553. The van der Waals surface area contributed by atoms with E-state index in [2.05, 4.69) is 50.0 Å². The molecule has 1 aliphatic rings. The van der Waals surface area contributed by atoms with Crippen LogP contribution in [0, 0.1) is 11.6 Å². The first-order valence-electron chi connectivity index (χ1n) is 8.89. The molecule has 3 nitrogen and oxygen atoms in total. The highest BCUT2D eigenvalue weighted by Crippen LogP contribution is 2.36. The number of rotatable bonds is 4. The zero-order chi connectivity index (χ0) is 20.8. The quantitative estimate of drug-likeness (QED) is 0.563. The van der Waals surface area contributed by atoms with Gasteiger partial charge in [-0.05, 0) is 47.3 Å². The molecule has 28 heavy (non-hydrogen) atoms. The van der Waals surface area contributed by atoms with Crippen LogP contribution >= 0.6 is 27.7 Å². The van der Waals surface area contributed by atoms with Crippen LogP contribution in [-0.2, 0) is 13.0 Å². The second-order valence-corrected chi connectivity index (χ2v) is 8.34. The summed E-state index contributed by atoms with van der Waals surface area (Å²) in [5.74, 6) is -1.11. The summed E-state index contributed by atoms with van der Waals surface area (Å²) < 4.78 is 28.3. The Morgan fingerprint density at radius 3 is 2.39 bits per heavy atom. The number of allylic oxidation sites excluding steroid dienone is 2. The van der Waals surface area contributed by atoms with Gasteiger partial charge in [0.15, 0.2) is 0 Å². The zero-order valence-electron chi connectivity index (χ0n) is 16.6. The Balaban J connectivity index is 0.000000242. The summed E-state index contributed by atoms with van der Waals surface area (Å²) in [4.78, 5) is 5.22. The Morgan fingerprint density at radius 2 is 1.93 bits per heavy atom. The van der Waals surface area contributed by atoms with Crippen LogP contribution in [0.15, 0.2) is 45.9 Å². The lowest BCUT2D eigenvalue weighted by Crippen LogP contribution is -2.23. The number of aromatic nitrogens is 1. The minimum Gasteiger partial charge on any atom is -0.373 e. The van der Waals surface area contributed by atoms with Crippen LogP contribution in [0.2, 0.25) is 0 Å². The SMILES string of the molecule is C=C(C)/C=C(/SC)N(C)C.Fc1cccc(F)c1-c1[nH]c2c(c1Br)CNCC2. The topological polar surface area (TPSA) is 31.1 Å². The monoisotopic (exact) mass is 469 g/mol. The Bertz CT molecular complexity index is 855. The fourth-order valence-electron chi connectivity index (χ4n) is 2.88. The van der Waals surface area contributed by atoms with Gasteiger partial charge in [0.05, 0.1) is 16.3 Å². The van der Waals surface area contributed by atoms with Crippen molar-refractivity contribution in [2.45, 2.75) is 19.9 Å². The van der Waals surface area contributed by atoms with E-state index >= 15 is 0 Å². The number of nitrogens with one attached hydrogen (secondary N) is 2. The minimum absolute atomic E-state index is 0.00113.